The third kappa shape index (κ3) is 3.69. The number of oxazole rings is 1. The van der Waals surface area contributed by atoms with Crippen LogP contribution >= 0.6 is 0 Å². The average Bonchev–Trinajstić information content (AvgIpc) is 3.21. The molecule has 0 unspecified atom stereocenters. The van der Waals surface area contributed by atoms with Crippen molar-refractivity contribution in [3.63, 3.8) is 0 Å². The van der Waals surface area contributed by atoms with E-state index in [1.165, 1.54) is 18.5 Å². The number of ether oxygens (including phenoxy) is 1. The van der Waals surface area contributed by atoms with Gasteiger partial charge in [0.15, 0.2) is 11.9 Å². The van der Waals surface area contributed by atoms with Crippen LogP contribution in [0.1, 0.15) is 12.6 Å². The second-order valence-electron chi connectivity index (χ2n) is 5.69. The Morgan fingerprint density at radius 2 is 1.93 bits per heavy atom. The van der Waals surface area contributed by atoms with Crippen LogP contribution < -0.4 is 10.1 Å². The zero-order chi connectivity index (χ0) is 18.6. The molecule has 0 aliphatic rings. The fourth-order valence-corrected chi connectivity index (χ4v) is 2.58. The minimum absolute atomic E-state index is 0.291. The van der Waals surface area contributed by atoms with Crippen LogP contribution in [-0.4, -0.2) is 26.5 Å². The van der Waals surface area contributed by atoms with Crippen LogP contribution in [0.25, 0.3) is 22.3 Å². The monoisotopic (exact) mass is 365 g/mol. The predicted octanol–water partition coefficient (Wildman–Crippen LogP) is 3.83. The molecule has 0 saturated heterocycles. The minimum Gasteiger partial charge on any atom is -0.476 e. The molecular weight excluding hydrogens is 349 g/mol. The van der Waals surface area contributed by atoms with E-state index in [9.17, 15) is 4.39 Å². The summed E-state index contributed by atoms with van der Waals surface area (Å²) in [5, 5.41) is 3.10. The molecule has 4 rings (SSSR count). The molecule has 0 amide bonds. The maximum Gasteiger partial charge on any atom is 0.245 e. The number of hydrogen-bond donors (Lipinski definition) is 1. The van der Waals surface area contributed by atoms with Gasteiger partial charge in [-0.1, -0.05) is 0 Å². The fourth-order valence-electron chi connectivity index (χ4n) is 2.58. The number of nitrogens with zero attached hydrogens (tertiary/aromatic N) is 4. The van der Waals surface area contributed by atoms with Crippen LogP contribution in [0, 0.1) is 5.82 Å². The zero-order valence-corrected chi connectivity index (χ0v) is 14.5. The van der Waals surface area contributed by atoms with Crippen molar-refractivity contribution in [2.45, 2.75) is 13.5 Å². The van der Waals surface area contributed by atoms with Gasteiger partial charge in [-0.05, 0) is 43.3 Å². The van der Waals surface area contributed by atoms with Crippen molar-refractivity contribution >= 4 is 17.0 Å². The summed E-state index contributed by atoms with van der Waals surface area (Å²) in [5.41, 5.74) is 3.42. The molecule has 1 N–H and O–H groups in total. The second kappa shape index (κ2) is 7.36. The summed E-state index contributed by atoms with van der Waals surface area (Å²) in [6.45, 7) is 2.74. The molecule has 4 aromatic rings. The van der Waals surface area contributed by atoms with Crippen LogP contribution in [0.4, 0.5) is 10.3 Å². The molecule has 0 fully saturated rings. The van der Waals surface area contributed by atoms with Crippen molar-refractivity contribution in [2.75, 3.05) is 11.9 Å². The number of halogens is 1. The average molecular weight is 365 g/mol. The van der Waals surface area contributed by atoms with Gasteiger partial charge >= 0.3 is 0 Å². The van der Waals surface area contributed by atoms with Gasteiger partial charge in [0.1, 0.15) is 12.1 Å². The van der Waals surface area contributed by atoms with E-state index in [-0.39, 0.29) is 5.82 Å². The third-order valence-electron chi connectivity index (χ3n) is 3.84. The first kappa shape index (κ1) is 16.9. The van der Waals surface area contributed by atoms with Gasteiger partial charge < -0.3 is 14.5 Å². The van der Waals surface area contributed by atoms with E-state index in [1.54, 1.807) is 18.4 Å². The van der Waals surface area contributed by atoms with Gasteiger partial charge in [0.2, 0.25) is 11.8 Å². The molecule has 0 spiro atoms. The Kier molecular flexibility index (Phi) is 4.61. The van der Waals surface area contributed by atoms with Crippen molar-refractivity contribution in [1.82, 2.24) is 19.9 Å². The lowest BCUT2D eigenvalue weighted by Gasteiger charge is -2.10. The Morgan fingerprint density at radius 1 is 1.07 bits per heavy atom. The lowest BCUT2D eigenvalue weighted by molar-refractivity contribution is 0.330. The van der Waals surface area contributed by atoms with E-state index in [2.05, 4.69) is 25.3 Å². The summed E-state index contributed by atoms with van der Waals surface area (Å²) >= 11 is 0. The van der Waals surface area contributed by atoms with Gasteiger partial charge in [-0.2, -0.15) is 4.98 Å². The van der Waals surface area contributed by atoms with Gasteiger partial charge in [-0.25, -0.2) is 19.3 Å². The highest BCUT2D eigenvalue weighted by atomic mass is 19.1. The van der Waals surface area contributed by atoms with Crippen molar-refractivity contribution < 1.29 is 13.5 Å². The molecule has 0 aliphatic carbocycles. The first-order valence-electron chi connectivity index (χ1n) is 8.41. The van der Waals surface area contributed by atoms with Crippen molar-refractivity contribution in [2.24, 2.45) is 0 Å². The predicted molar refractivity (Wildman–Crippen MR) is 97.7 cm³/mol. The van der Waals surface area contributed by atoms with Crippen LogP contribution in [0.2, 0.25) is 0 Å². The Hall–Kier alpha value is -3.55. The highest BCUT2D eigenvalue weighted by Gasteiger charge is 2.12. The van der Waals surface area contributed by atoms with Crippen LogP contribution in [0.3, 0.4) is 0 Å². The summed E-state index contributed by atoms with van der Waals surface area (Å²) in [7, 11) is 0. The molecule has 136 valence electrons. The summed E-state index contributed by atoms with van der Waals surface area (Å²) in [4.78, 5) is 17.6. The van der Waals surface area contributed by atoms with Gasteiger partial charge in [0.05, 0.1) is 30.1 Å². The Labute approximate surface area is 154 Å². The maximum atomic E-state index is 13.2. The Bertz CT molecular complexity index is 1050. The first-order valence-corrected chi connectivity index (χ1v) is 8.41. The van der Waals surface area contributed by atoms with Crippen molar-refractivity contribution in [3.8, 4) is 17.1 Å². The third-order valence-corrected chi connectivity index (χ3v) is 3.84. The number of anilines is 1. The standard InChI is InChI=1S/C19H16FN5O2/c1-2-27-18-17-16(24-19(25-18)21-9-14-10-26-11-22-14)8-7-15(23-17)12-3-5-13(20)6-4-12/h3-8,10-11H,2,9H2,1H3,(H,21,24,25). The summed E-state index contributed by atoms with van der Waals surface area (Å²) in [6, 6.07) is 9.83. The van der Waals surface area contributed by atoms with E-state index in [0.717, 1.165) is 11.3 Å². The SMILES string of the molecule is CCOc1nc(NCc2cocn2)nc2ccc(-c3ccc(F)cc3)nc12. The van der Waals surface area contributed by atoms with Crippen LogP contribution in [0.15, 0.2) is 53.5 Å². The molecule has 27 heavy (non-hydrogen) atoms. The molecule has 0 saturated carbocycles. The van der Waals surface area contributed by atoms with Gasteiger partial charge in [-0.3, -0.25) is 0 Å². The maximum absolute atomic E-state index is 13.2. The molecule has 0 aliphatic heterocycles. The van der Waals surface area contributed by atoms with Gasteiger partial charge in [-0.15, -0.1) is 0 Å². The Balaban J connectivity index is 1.70. The topological polar surface area (TPSA) is 86.0 Å². The molecule has 3 heterocycles. The normalized spacial score (nSPS) is 10.9. The first-order chi connectivity index (χ1) is 13.2. The van der Waals surface area contributed by atoms with Crippen LogP contribution in [-0.2, 0) is 6.54 Å². The molecule has 0 bridgehead atoms. The fraction of sp³-hybridized carbons (Fsp3) is 0.158. The quantitative estimate of drug-likeness (QED) is 0.556. The number of nitrogens with one attached hydrogen (secondary N) is 1. The molecule has 3 aromatic heterocycles. The lowest BCUT2D eigenvalue weighted by atomic mass is 10.1. The van der Waals surface area contributed by atoms with E-state index >= 15 is 0 Å². The summed E-state index contributed by atoms with van der Waals surface area (Å²) < 4.78 is 23.8. The summed E-state index contributed by atoms with van der Waals surface area (Å²) in [6.07, 6.45) is 2.92. The number of rotatable bonds is 6. The van der Waals surface area contributed by atoms with Gasteiger partial charge in [0, 0.05) is 5.56 Å². The van der Waals surface area contributed by atoms with E-state index in [4.69, 9.17) is 9.15 Å². The molecule has 1 aromatic carbocycles. The minimum atomic E-state index is -0.291. The number of fused-ring (bicyclic) bond motifs is 1. The lowest BCUT2D eigenvalue weighted by Crippen LogP contribution is -2.07. The van der Waals surface area contributed by atoms with Crippen LogP contribution in [0.5, 0.6) is 5.88 Å². The van der Waals surface area contributed by atoms with Gasteiger partial charge in [0.25, 0.3) is 0 Å². The highest BCUT2D eigenvalue weighted by Crippen LogP contribution is 2.26. The summed E-state index contributed by atoms with van der Waals surface area (Å²) in [5.74, 6) is 0.500. The molecular formula is C19H16FN5O2. The smallest absolute Gasteiger partial charge is 0.245 e. The molecule has 0 atom stereocenters. The zero-order valence-electron chi connectivity index (χ0n) is 14.5. The second-order valence-corrected chi connectivity index (χ2v) is 5.69. The molecule has 7 nitrogen and oxygen atoms in total. The van der Waals surface area contributed by atoms with E-state index in [1.807, 2.05) is 19.1 Å². The largest absolute Gasteiger partial charge is 0.476 e. The molecule has 8 heteroatoms. The van der Waals surface area contributed by atoms with E-state index < -0.39 is 0 Å². The number of pyridine rings is 1. The number of hydrogen-bond acceptors (Lipinski definition) is 7. The molecule has 0 radical (unpaired) electrons. The Morgan fingerprint density at radius 3 is 2.67 bits per heavy atom. The van der Waals surface area contributed by atoms with Crippen molar-refractivity contribution in [3.05, 3.63) is 60.6 Å². The van der Waals surface area contributed by atoms with E-state index in [0.29, 0.717) is 41.7 Å². The highest BCUT2D eigenvalue weighted by molar-refractivity contribution is 5.83. The van der Waals surface area contributed by atoms with Crippen molar-refractivity contribution in [1.29, 1.82) is 0 Å². The number of benzene rings is 1. The number of aromatic nitrogens is 4.